The van der Waals surface area contributed by atoms with Crippen LogP contribution in [0.1, 0.15) is 35.5 Å². The SMILES string of the molecule is COCCN1C(=O)OC2(CC3OC2(C)n2c4ccccc4c4c5c(c6c7ccccc7n3c6c42)C(=O)NC5)C1=O. The number of benzene rings is 3. The molecule has 1 spiro atoms. The number of ether oxygens (including phenoxy) is 3. The fraction of sp³-hybridized carbons (Fsp3) is 0.300. The number of hydrogen-bond donors (Lipinski definition) is 1. The Morgan fingerprint density at radius 1 is 1.00 bits per heavy atom. The van der Waals surface area contributed by atoms with Crippen LogP contribution in [0.15, 0.2) is 48.5 Å². The van der Waals surface area contributed by atoms with E-state index in [4.69, 9.17) is 14.2 Å². The topological polar surface area (TPSA) is 104 Å². The maximum atomic E-state index is 14.2. The van der Waals surface area contributed by atoms with Crippen LogP contribution in [0, 0.1) is 0 Å². The third kappa shape index (κ3) is 2.23. The Kier molecular flexibility index (Phi) is 3.93. The summed E-state index contributed by atoms with van der Waals surface area (Å²) >= 11 is 0. The molecule has 2 aromatic heterocycles. The van der Waals surface area contributed by atoms with Crippen LogP contribution >= 0.6 is 0 Å². The van der Waals surface area contributed by atoms with Crippen molar-refractivity contribution < 1.29 is 28.6 Å². The summed E-state index contributed by atoms with van der Waals surface area (Å²) in [6.07, 6.45) is -1.20. The van der Waals surface area contributed by atoms with Gasteiger partial charge >= 0.3 is 6.09 Å². The average Bonchev–Trinajstić information content (AvgIpc) is 3.69. The van der Waals surface area contributed by atoms with Crippen LogP contribution < -0.4 is 5.32 Å². The van der Waals surface area contributed by atoms with E-state index < -0.39 is 29.6 Å². The van der Waals surface area contributed by atoms with Gasteiger partial charge in [-0.25, -0.2) is 9.69 Å². The van der Waals surface area contributed by atoms with Crippen LogP contribution in [-0.2, 0) is 31.3 Å². The molecule has 2 bridgehead atoms. The Labute approximate surface area is 226 Å². The zero-order valence-corrected chi connectivity index (χ0v) is 21.8. The molecule has 5 aromatic rings. The number of imide groups is 1. The van der Waals surface area contributed by atoms with E-state index in [0.717, 1.165) is 54.1 Å². The maximum Gasteiger partial charge on any atom is 0.417 e. The van der Waals surface area contributed by atoms with Crippen molar-refractivity contribution in [2.45, 2.75) is 37.4 Å². The lowest BCUT2D eigenvalue weighted by atomic mass is 9.87. The van der Waals surface area contributed by atoms with Gasteiger partial charge in [-0.05, 0) is 24.6 Å². The molecule has 0 radical (unpaired) electrons. The van der Waals surface area contributed by atoms with Gasteiger partial charge in [-0.3, -0.25) is 9.59 Å². The largest absolute Gasteiger partial charge is 0.427 e. The number of nitrogens with one attached hydrogen (secondary N) is 1. The van der Waals surface area contributed by atoms with Gasteiger partial charge in [0, 0.05) is 41.6 Å². The monoisotopic (exact) mass is 536 g/mol. The maximum absolute atomic E-state index is 14.2. The van der Waals surface area contributed by atoms with Crippen molar-refractivity contribution in [3.8, 4) is 0 Å². The fourth-order valence-corrected chi connectivity index (χ4v) is 7.78. The predicted molar refractivity (Wildman–Crippen MR) is 145 cm³/mol. The average molecular weight is 537 g/mol. The molecule has 9 rings (SSSR count). The molecule has 200 valence electrons. The minimum Gasteiger partial charge on any atom is -0.427 e. The number of carbonyl (C=O) groups is 3. The molecule has 40 heavy (non-hydrogen) atoms. The lowest BCUT2D eigenvalue weighted by Crippen LogP contribution is -2.56. The first-order valence-electron chi connectivity index (χ1n) is 13.4. The molecule has 1 N–H and O–H groups in total. The number of para-hydroxylation sites is 2. The van der Waals surface area contributed by atoms with E-state index in [1.807, 2.05) is 55.5 Å². The van der Waals surface area contributed by atoms with Crippen molar-refractivity contribution in [2.75, 3.05) is 20.3 Å². The van der Waals surface area contributed by atoms with Crippen molar-refractivity contribution in [1.82, 2.24) is 19.4 Å². The standard InChI is InChI=1S/C30H24N4O6/c1-29-30(27(36)32(11-12-38-2)28(37)40-30)13-20(39-29)33-18-9-5-3-7-15(18)22-23-17(14-31-26(23)35)21-16-8-4-6-10-19(16)34(29)25(21)24(22)33/h3-10,20H,11-14H2,1-2H3,(H,31,35). The number of fused-ring (bicyclic) bond motifs is 14. The van der Waals surface area contributed by atoms with Gasteiger partial charge in [0.25, 0.3) is 11.8 Å². The molecule has 2 saturated heterocycles. The summed E-state index contributed by atoms with van der Waals surface area (Å²) in [7, 11) is 1.53. The zero-order chi connectivity index (χ0) is 27.1. The Morgan fingerprint density at radius 2 is 1.73 bits per heavy atom. The molecule has 3 amide bonds. The molecule has 2 fully saturated rings. The lowest BCUT2D eigenvalue weighted by molar-refractivity contribution is -0.178. The number of amides is 3. The number of hydrogen-bond acceptors (Lipinski definition) is 6. The second-order valence-corrected chi connectivity index (χ2v) is 11.1. The second kappa shape index (κ2) is 7.01. The highest BCUT2D eigenvalue weighted by Crippen LogP contribution is 2.60. The highest BCUT2D eigenvalue weighted by atomic mass is 16.6. The van der Waals surface area contributed by atoms with E-state index in [-0.39, 0.29) is 25.5 Å². The number of aromatic nitrogens is 2. The van der Waals surface area contributed by atoms with Crippen molar-refractivity contribution >= 4 is 61.5 Å². The quantitative estimate of drug-likeness (QED) is 0.372. The third-order valence-electron chi connectivity index (χ3n) is 9.40. The van der Waals surface area contributed by atoms with Gasteiger partial charge in [0.2, 0.25) is 5.60 Å². The van der Waals surface area contributed by atoms with E-state index in [9.17, 15) is 14.4 Å². The van der Waals surface area contributed by atoms with E-state index in [2.05, 4.69) is 14.5 Å². The van der Waals surface area contributed by atoms with Gasteiger partial charge in [0.15, 0.2) is 5.72 Å². The molecular formula is C30H24N4O6. The van der Waals surface area contributed by atoms with Crippen molar-refractivity contribution in [3.05, 3.63) is 59.7 Å². The van der Waals surface area contributed by atoms with E-state index >= 15 is 0 Å². The Bertz CT molecular complexity index is 2040. The molecule has 3 aromatic carbocycles. The van der Waals surface area contributed by atoms with Gasteiger partial charge in [0.1, 0.15) is 6.23 Å². The van der Waals surface area contributed by atoms with Gasteiger partial charge < -0.3 is 28.7 Å². The summed E-state index contributed by atoms with van der Waals surface area (Å²) in [6.45, 7) is 2.54. The highest BCUT2D eigenvalue weighted by molar-refractivity contribution is 6.31. The van der Waals surface area contributed by atoms with Gasteiger partial charge in [-0.2, -0.15) is 0 Å². The summed E-state index contributed by atoms with van der Waals surface area (Å²) in [5.74, 6) is -0.525. The molecular weight excluding hydrogens is 512 g/mol. The fourth-order valence-electron chi connectivity index (χ4n) is 7.78. The van der Waals surface area contributed by atoms with Crippen LogP contribution in [0.25, 0.3) is 43.6 Å². The van der Waals surface area contributed by atoms with Crippen molar-refractivity contribution in [2.24, 2.45) is 0 Å². The van der Waals surface area contributed by atoms with Crippen LogP contribution in [0.5, 0.6) is 0 Å². The predicted octanol–water partition coefficient (Wildman–Crippen LogP) is 4.12. The number of rotatable bonds is 3. The number of carbonyl (C=O) groups excluding carboxylic acids is 3. The molecule has 4 aliphatic heterocycles. The third-order valence-corrected chi connectivity index (χ3v) is 9.40. The van der Waals surface area contributed by atoms with E-state index in [1.54, 1.807) is 0 Å². The van der Waals surface area contributed by atoms with Gasteiger partial charge in [0.05, 0.1) is 40.8 Å². The smallest absolute Gasteiger partial charge is 0.417 e. The molecule has 10 heteroatoms. The first-order chi connectivity index (χ1) is 19.4. The summed E-state index contributed by atoms with van der Waals surface area (Å²) in [5, 5.41) is 6.77. The van der Waals surface area contributed by atoms with Gasteiger partial charge in [-0.15, -0.1) is 0 Å². The molecule has 0 saturated carbocycles. The minimum atomic E-state index is -1.60. The molecule has 4 aliphatic rings. The van der Waals surface area contributed by atoms with Crippen LogP contribution in [0.3, 0.4) is 0 Å². The lowest BCUT2D eigenvalue weighted by Gasteiger charge is -2.37. The first kappa shape index (κ1) is 22.4. The van der Waals surface area contributed by atoms with Crippen molar-refractivity contribution in [1.29, 1.82) is 0 Å². The molecule has 6 heterocycles. The highest BCUT2D eigenvalue weighted by Gasteiger charge is 2.72. The van der Waals surface area contributed by atoms with Crippen LogP contribution in [0.2, 0.25) is 0 Å². The Balaban J connectivity index is 1.49. The Hall–Kier alpha value is -4.41. The second-order valence-electron chi connectivity index (χ2n) is 11.1. The summed E-state index contributed by atoms with van der Waals surface area (Å²) in [4.78, 5) is 42.0. The van der Waals surface area contributed by atoms with Crippen molar-refractivity contribution in [3.63, 3.8) is 0 Å². The minimum absolute atomic E-state index is 0.0903. The van der Waals surface area contributed by atoms with E-state index in [1.165, 1.54) is 7.11 Å². The number of methoxy groups -OCH3 is 1. The molecule has 10 nitrogen and oxygen atoms in total. The van der Waals surface area contributed by atoms with Gasteiger partial charge in [-0.1, -0.05) is 36.4 Å². The molecule has 3 atom stereocenters. The van der Waals surface area contributed by atoms with E-state index in [0.29, 0.717) is 12.1 Å². The normalized spacial score (nSPS) is 26.7. The van der Waals surface area contributed by atoms with Crippen LogP contribution in [-0.4, -0.2) is 57.8 Å². The summed E-state index contributed by atoms with van der Waals surface area (Å²) in [6, 6.07) is 15.9. The molecule has 0 aliphatic carbocycles. The number of nitrogens with zero attached hydrogens (tertiary/aromatic N) is 3. The van der Waals surface area contributed by atoms with Crippen LogP contribution in [0.4, 0.5) is 4.79 Å². The summed E-state index contributed by atoms with van der Waals surface area (Å²) < 4.78 is 22.4. The molecule has 3 unspecified atom stereocenters. The zero-order valence-electron chi connectivity index (χ0n) is 21.8. The first-order valence-corrected chi connectivity index (χ1v) is 13.4. The summed E-state index contributed by atoms with van der Waals surface area (Å²) in [5.41, 5.74) is 2.13. The Morgan fingerprint density at radius 3 is 2.50 bits per heavy atom.